The second-order valence-electron chi connectivity index (χ2n) is 4.21. The van der Waals surface area contributed by atoms with Crippen molar-refractivity contribution < 1.29 is 13.2 Å². The van der Waals surface area contributed by atoms with Crippen molar-refractivity contribution in [3.63, 3.8) is 0 Å². The zero-order chi connectivity index (χ0) is 13.9. The van der Waals surface area contributed by atoms with Crippen LogP contribution in [0.3, 0.4) is 0 Å². The molecule has 0 saturated heterocycles. The number of nitrogens with two attached hydrogens (primary N) is 2. The van der Waals surface area contributed by atoms with E-state index < -0.39 is 16.2 Å². The molecule has 0 saturated carbocycles. The summed E-state index contributed by atoms with van der Waals surface area (Å²) in [6.45, 7) is 3.80. The molecular formula is C11H16ClN3O3S. The van der Waals surface area contributed by atoms with Crippen LogP contribution in [0.1, 0.15) is 13.8 Å². The number of halogens is 1. The Morgan fingerprint density at radius 2 is 1.95 bits per heavy atom. The number of aliphatic imine (C=N–C) groups is 1. The van der Waals surface area contributed by atoms with E-state index in [2.05, 4.69) is 4.99 Å². The van der Waals surface area contributed by atoms with E-state index in [0.717, 1.165) is 0 Å². The lowest BCUT2D eigenvalue weighted by atomic mass is 9.87. The van der Waals surface area contributed by atoms with Crippen LogP contribution in [0.15, 0.2) is 28.8 Å². The molecule has 1 amide bonds. The maximum atomic E-state index is 11.6. The van der Waals surface area contributed by atoms with Crippen LogP contribution in [0.5, 0.6) is 0 Å². The highest BCUT2D eigenvalue weighted by molar-refractivity contribution is 7.73. The third kappa shape index (κ3) is 4.53. The van der Waals surface area contributed by atoms with Gasteiger partial charge in [0.1, 0.15) is 0 Å². The van der Waals surface area contributed by atoms with E-state index in [1.165, 1.54) is 12.2 Å². The summed E-state index contributed by atoms with van der Waals surface area (Å²) in [5, 5.41) is 0. The predicted octanol–water partition coefficient (Wildman–Crippen LogP) is 0.0281. The lowest BCUT2D eigenvalue weighted by molar-refractivity contribution is -0.114. The standard InChI is InChI=1S/C11H15N3O3S.ClH/c1-6(2)8-4-3-7(5-9(8)18(16)17)10(15)14-11(12)13;/h3-6,8H,1-2H3,(H4,12,13,14,15);1H. The smallest absolute Gasteiger partial charge is 0.280 e. The van der Waals surface area contributed by atoms with Crippen LogP contribution < -0.4 is 11.5 Å². The van der Waals surface area contributed by atoms with Crippen LogP contribution in [0.4, 0.5) is 0 Å². The molecule has 1 aliphatic carbocycles. The number of guanidine groups is 1. The molecule has 0 aliphatic heterocycles. The first-order chi connectivity index (χ1) is 8.32. The van der Waals surface area contributed by atoms with Gasteiger partial charge in [-0.2, -0.15) is 13.4 Å². The highest BCUT2D eigenvalue weighted by Crippen LogP contribution is 2.21. The quantitative estimate of drug-likeness (QED) is 0.424. The number of amides is 1. The monoisotopic (exact) mass is 305 g/mol. The van der Waals surface area contributed by atoms with Gasteiger partial charge in [-0.15, -0.1) is 12.4 Å². The molecule has 0 aromatic heterocycles. The lowest BCUT2D eigenvalue weighted by Crippen LogP contribution is -2.25. The van der Waals surface area contributed by atoms with Crippen LogP contribution in [-0.4, -0.2) is 25.1 Å². The van der Waals surface area contributed by atoms with E-state index >= 15 is 0 Å². The summed E-state index contributed by atoms with van der Waals surface area (Å²) in [7, 11) is -2.38. The maximum Gasteiger partial charge on any atom is 0.280 e. The minimum absolute atomic E-state index is 0. The van der Waals surface area contributed by atoms with Crippen molar-refractivity contribution >= 4 is 39.4 Å². The van der Waals surface area contributed by atoms with Gasteiger partial charge in [0.05, 0.1) is 4.86 Å². The molecule has 19 heavy (non-hydrogen) atoms. The van der Waals surface area contributed by atoms with E-state index in [1.54, 1.807) is 6.08 Å². The second kappa shape index (κ2) is 7.10. The number of carbonyl (C=O) groups excluding carboxylic acids is 1. The van der Waals surface area contributed by atoms with Gasteiger partial charge in [-0.25, -0.2) is 0 Å². The normalized spacial score (nSPS) is 17.5. The van der Waals surface area contributed by atoms with Gasteiger partial charge in [0.2, 0.25) is 10.3 Å². The van der Waals surface area contributed by atoms with E-state index in [9.17, 15) is 13.2 Å². The Kier molecular flexibility index (Phi) is 6.51. The molecule has 0 fully saturated rings. The van der Waals surface area contributed by atoms with E-state index in [1.807, 2.05) is 13.8 Å². The zero-order valence-corrected chi connectivity index (χ0v) is 12.2. The Bertz CT molecular complexity index is 576. The Balaban J connectivity index is 0.00000324. The van der Waals surface area contributed by atoms with Crippen molar-refractivity contribution in [2.45, 2.75) is 13.8 Å². The van der Waals surface area contributed by atoms with Crippen LogP contribution in [0.2, 0.25) is 0 Å². The lowest BCUT2D eigenvalue weighted by Gasteiger charge is -2.19. The van der Waals surface area contributed by atoms with Gasteiger partial charge in [-0.1, -0.05) is 26.0 Å². The Morgan fingerprint density at radius 3 is 2.37 bits per heavy atom. The molecule has 0 aromatic carbocycles. The molecule has 106 valence electrons. The Morgan fingerprint density at radius 1 is 1.37 bits per heavy atom. The molecular weight excluding hydrogens is 290 g/mol. The number of hydrogen-bond acceptors (Lipinski definition) is 3. The van der Waals surface area contributed by atoms with Gasteiger partial charge in [-0.3, -0.25) is 4.79 Å². The second-order valence-corrected chi connectivity index (χ2v) is 5.15. The van der Waals surface area contributed by atoms with E-state index in [-0.39, 0.29) is 40.6 Å². The van der Waals surface area contributed by atoms with Gasteiger partial charge in [0, 0.05) is 11.5 Å². The average molecular weight is 306 g/mol. The first-order valence-corrected chi connectivity index (χ1v) is 6.40. The number of rotatable bonds is 2. The number of allylic oxidation sites excluding steroid dienone is 2. The van der Waals surface area contributed by atoms with Crippen molar-refractivity contribution in [3.8, 4) is 0 Å². The molecule has 8 heteroatoms. The third-order valence-electron chi connectivity index (χ3n) is 2.50. The van der Waals surface area contributed by atoms with Gasteiger partial charge in [0.15, 0.2) is 5.96 Å². The summed E-state index contributed by atoms with van der Waals surface area (Å²) in [6, 6.07) is 0. The van der Waals surface area contributed by atoms with Crippen molar-refractivity contribution in [1.82, 2.24) is 0 Å². The average Bonchev–Trinajstić information content (AvgIpc) is 2.26. The first-order valence-electron chi connectivity index (χ1n) is 5.33. The number of carbonyl (C=O) groups is 1. The molecule has 1 unspecified atom stereocenters. The molecule has 1 aliphatic rings. The number of hydrogen-bond donors (Lipinski definition) is 2. The fraction of sp³-hybridized carbons (Fsp3) is 0.364. The minimum atomic E-state index is -2.38. The largest absolute Gasteiger partial charge is 0.370 e. The molecule has 1 rings (SSSR count). The molecule has 6 nitrogen and oxygen atoms in total. The van der Waals surface area contributed by atoms with Gasteiger partial charge in [-0.05, 0) is 12.0 Å². The molecule has 0 heterocycles. The maximum absolute atomic E-state index is 11.6. The van der Waals surface area contributed by atoms with Crippen LogP contribution >= 0.6 is 12.4 Å². The highest BCUT2D eigenvalue weighted by atomic mass is 35.5. The number of nitrogens with zero attached hydrogens (tertiary/aromatic N) is 1. The summed E-state index contributed by atoms with van der Waals surface area (Å²) in [4.78, 5) is 15.1. The molecule has 0 bridgehead atoms. The third-order valence-corrected chi connectivity index (χ3v) is 3.27. The van der Waals surface area contributed by atoms with Gasteiger partial charge in [0.25, 0.3) is 5.91 Å². The predicted molar refractivity (Wildman–Crippen MR) is 77.5 cm³/mol. The summed E-state index contributed by atoms with van der Waals surface area (Å²) >= 11 is 0. The molecule has 4 N–H and O–H groups in total. The van der Waals surface area contributed by atoms with Crippen LogP contribution in [-0.2, 0) is 15.1 Å². The summed E-state index contributed by atoms with van der Waals surface area (Å²) in [6.07, 6.45) is 4.52. The van der Waals surface area contributed by atoms with E-state index in [4.69, 9.17) is 11.5 Å². The fourth-order valence-corrected chi connectivity index (χ4v) is 2.42. The van der Waals surface area contributed by atoms with Crippen LogP contribution in [0, 0.1) is 11.8 Å². The van der Waals surface area contributed by atoms with Crippen molar-refractivity contribution in [1.29, 1.82) is 0 Å². The van der Waals surface area contributed by atoms with Crippen LogP contribution in [0.25, 0.3) is 0 Å². The van der Waals surface area contributed by atoms with Crippen molar-refractivity contribution in [3.05, 3.63) is 23.8 Å². The molecule has 0 spiro atoms. The SMILES string of the molecule is CC(C)C1C=CC(C(=O)N=C(N)N)=CC1=S(=O)=O.Cl. The molecule has 1 atom stereocenters. The van der Waals surface area contributed by atoms with E-state index in [0.29, 0.717) is 0 Å². The van der Waals surface area contributed by atoms with Gasteiger partial charge >= 0.3 is 0 Å². The topological polar surface area (TPSA) is 116 Å². The van der Waals surface area contributed by atoms with Crippen molar-refractivity contribution in [2.24, 2.45) is 28.3 Å². The van der Waals surface area contributed by atoms with Crippen molar-refractivity contribution in [2.75, 3.05) is 0 Å². The Hall–Kier alpha value is -1.60. The zero-order valence-electron chi connectivity index (χ0n) is 10.5. The summed E-state index contributed by atoms with van der Waals surface area (Å²) in [5.74, 6) is -1.13. The molecule has 0 radical (unpaired) electrons. The summed E-state index contributed by atoms with van der Waals surface area (Å²) in [5.41, 5.74) is 10.3. The minimum Gasteiger partial charge on any atom is -0.370 e. The summed E-state index contributed by atoms with van der Waals surface area (Å²) < 4.78 is 22.3. The highest BCUT2D eigenvalue weighted by Gasteiger charge is 2.22. The Labute approximate surface area is 119 Å². The van der Waals surface area contributed by atoms with Gasteiger partial charge < -0.3 is 11.5 Å². The molecule has 0 aromatic rings. The fourth-order valence-electron chi connectivity index (χ4n) is 1.62. The first kappa shape index (κ1) is 17.4.